The van der Waals surface area contributed by atoms with Crippen molar-refractivity contribution < 1.29 is 52.6 Å². The third-order valence-electron chi connectivity index (χ3n) is 16.1. The molecular formula is C64H116N8O11. The van der Waals surface area contributed by atoms with Gasteiger partial charge in [0.05, 0.1) is 39.3 Å². The topological polar surface area (TPSA) is 251 Å². The van der Waals surface area contributed by atoms with Gasteiger partial charge in [0.2, 0.25) is 47.3 Å². The summed E-state index contributed by atoms with van der Waals surface area (Å²) < 4.78 is 10.8. The SMILES string of the molecule is CCCCCCCCCCCCCCCCCCN(CCCCCCCCCCCCCCCCCC)C(=O)COCC(=O)NCC(=O)NCC(=O)NCC(=O)N1CCC[C@H]1C(=O)NCC(=O)NCC(=O)NCC(=O)OCC1CCCCC1. The summed E-state index contributed by atoms with van der Waals surface area (Å²) in [6.07, 6.45) is 47.5. The molecule has 0 aromatic rings. The van der Waals surface area contributed by atoms with Gasteiger partial charge in [0.15, 0.2) is 0 Å². The quantitative estimate of drug-likeness (QED) is 0.0247. The van der Waals surface area contributed by atoms with Crippen molar-refractivity contribution in [3.05, 3.63) is 0 Å². The lowest BCUT2D eigenvalue weighted by molar-refractivity contribution is -0.145. The lowest BCUT2D eigenvalue weighted by Crippen LogP contribution is -2.51. The second-order valence-electron chi connectivity index (χ2n) is 23.5. The number of rotatable bonds is 53. The molecule has 1 saturated heterocycles. The van der Waals surface area contributed by atoms with Gasteiger partial charge in [-0.05, 0) is 44.4 Å². The van der Waals surface area contributed by atoms with Crippen LogP contribution in [0.25, 0.3) is 0 Å². The van der Waals surface area contributed by atoms with Gasteiger partial charge in [0.25, 0.3) is 0 Å². The van der Waals surface area contributed by atoms with Crippen molar-refractivity contribution >= 4 is 53.2 Å². The van der Waals surface area contributed by atoms with Crippen molar-refractivity contribution in [1.82, 2.24) is 41.7 Å². The highest BCUT2D eigenvalue weighted by molar-refractivity contribution is 5.94. The maximum absolute atomic E-state index is 13.4. The Labute approximate surface area is 500 Å². The van der Waals surface area contributed by atoms with Gasteiger partial charge in [-0.15, -0.1) is 0 Å². The molecule has 2 fully saturated rings. The summed E-state index contributed by atoms with van der Waals surface area (Å²) in [5.41, 5.74) is 0. The van der Waals surface area contributed by atoms with E-state index in [1.165, 1.54) is 178 Å². The minimum atomic E-state index is -0.874. The highest BCUT2D eigenvalue weighted by Gasteiger charge is 2.34. The van der Waals surface area contributed by atoms with Crippen LogP contribution in [0.1, 0.15) is 264 Å². The van der Waals surface area contributed by atoms with Gasteiger partial charge in [0.1, 0.15) is 25.8 Å². The monoisotopic (exact) mass is 1170 g/mol. The second-order valence-corrected chi connectivity index (χ2v) is 23.5. The van der Waals surface area contributed by atoms with Crippen molar-refractivity contribution in [1.29, 1.82) is 0 Å². The third kappa shape index (κ3) is 41.8. The van der Waals surface area contributed by atoms with Gasteiger partial charge < -0.3 is 51.2 Å². The van der Waals surface area contributed by atoms with Gasteiger partial charge in [-0.2, -0.15) is 0 Å². The van der Waals surface area contributed by atoms with E-state index in [0.717, 1.165) is 64.2 Å². The maximum atomic E-state index is 13.4. The smallest absolute Gasteiger partial charge is 0.325 e. The zero-order valence-corrected chi connectivity index (χ0v) is 52.1. The van der Waals surface area contributed by atoms with Crippen LogP contribution in [0.15, 0.2) is 0 Å². The van der Waals surface area contributed by atoms with E-state index in [4.69, 9.17) is 9.47 Å². The van der Waals surface area contributed by atoms with Crippen molar-refractivity contribution in [3.8, 4) is 0 Å². The summed E-state index contributed by atoms with van der Waals surface area (Å²) in [5.74, 6) is -4.60. The Balaban J connectivity index is 1.62. The number of unbranched alkanes of at least 4 members (excludes halogenated alkanes) is 30. The molecule has 1 saturated carbocycles. The summed E-state index contributed by atoms with van der Waals surface area (Å²) in [5, 5.41) is 14.5. The van der Waals surface area contributed by atoms with Crippen molar-refractivity contribution in [2.45, 2.75) is 270 Å². The maximum Gasteiger partial charge on any atom is 0.325 e. The van der Waals surface area contributed by atoms with Crippen LogP contribution in [-0.2, 0) is 52.6 Å². The van der Waals surface area contributed by atoms with Gasteiger partial charge in [-0.1, -0.05) is 226 Å². The fourth-order valence-corrected chi connectivity index (χ4v) is 10.9. The molecule has 83 heavy (non-hydrogen) atoms. The molecule has 1 heterocycles. The first-order valence-corrected chi connectivity index (χ1v) is 33.3. The minimum absolute atomic E-state index is 0.146. The molecule has 0 aromatic heterocycles. The van der Waals surface area contributed by atoms with Gasteiger partial charge in [-0.25, -0.2) is 0 Å². The molecule has 2 rings (SSSR count). The Morgan fingerprint density at radius 1 is 0.398 bits per heavy atom. The Kier molecular flexibility index (Phi) is 46.2. The predicted molar refractivity (Wildman–Crippen MR) is 327 cm³/mol. The van der Waals surface area contributed by atoms with E-state index in [2.05, 4.69) is 45.7 Å². The number of esters is 1. The highest BCUT2D eigenvalue weighted by Crippen LogP contribution is 2.24. The number of amides is 8. The highest BCUT2D eigenvalue weighted by atomic mass is 16.5. The average molecular weight is 1170 g/mol. The fraction of sp³-hybridized carbons (Fsp3) is 0.859. The van der Waals surface area contributed by atoms with Crippen LogP contribution < -0.4 is 31.9 Å². The number of carbonyl (C=O) groups excluding carboxylic acids is 9. The summed E-state index contributed by atoms with van der Waals surface area (Å²) in [6, 6.07) is -0.874. The summed E-state index contributed by atoms with van der Waals surface area (Å²) in [7, 11) is 0. The van der Waals surface area contributed by atoms with Crippen LogP contribution >= 0.6 is 0 Å². The zero-order valence-electron chi connectivity index (χ0n) is 52.1. The molecule has 8 amide bonds. The Morgan fingerprint density at radius 3 is 1.20 bits per heavy atom. The average Bonchev–Trinajstić information content (AvgIpc) is 4.10. The molecule has 2 aliphatic rings. The first-order chi connectivity index (χ1) is 40.4. The molecule has 19 heteroatoms. The molecule has 19 nitrogen and oxygen atoms in total. The molecule has 0 spiro atoms. The molecule has 6 N–H and O–H groups in total. The van der Waals surface area contributed by atoms with E-state index in [-0.39, 0.29) is 25.6 Å². The molecule has 1 atom stereocenters. The number of nitrogens with zero attached hydrogens (tertiary/aromatic N) is 2. The predicted octanol–water partition coefficient (Wildman–Crippen LogP) is 9.17. The van der Waals surface area contributed by atoms with Gasteiger partial charge in [0, 0.05) is 19.6 Å². The van der Waals surface area contributed by atoms with E-state index >= 15 is 0 Å². The van der Waals surface area contributed by atoms with Gasteiger partial charge >= 0.3 is 5.97 Å². The summed E-state index contributed by atoms with van der Waals surface area (Å²) in [4.78, 5) is 117. The molecular weight excluding hydrogens is 1060 g/mol. The van der Waals surface area contributed by atoms with Crippen LogP contribution in [0, 0.1) is 5.92 Å². The third-order valence-corrected chi connectivity index (χ3v) is 16.1. The number of ether oxygens (including phenoxy) is 2. The Morgan fingerprint density at radius 2 is 0.771 bits per heavy atom. The van der Waals surface area contributed by atoms with Crippen molar-refractivity contribution in [3.63, 3.8) is 0 Å². The molecule has 0 unspecified atom stereocenters. The first kappa shape index (κ1) is 74.3. The Hall–Kier alpha value is -4.81. The number of hydrogen-bond donors (Lipinski definition) is 6. The van der Waals surface area contributed by atoms with E-state index in [9.17, 15) is 43.2 Å². The summed E-state index contributed by atoms with van der Waals surface area (Å²) >= 11 is 0. The van der Waals surface area contributed by atoms with Gasteiger partial charge in [-0.3, -0.25) is 43.2 Å². The standard InChI is InChI=1S/C64H116N8O11/c1-3-5-7-9-11-13-15-17-19-21-23-25-27-29-31-36-42-71(43-37-32-30-28-26-24-22-20-18-16-14-12-10-8-6-4-2)62(79)53-82-52-60(77)67-47-56(73)65-45-57(74)68-49-61(78)72-44-38-41-55(72)64(81)70-48-59(76)66-46-58(75)69-50-63(80)83-51-54-39-34-33-35-40-54/h54-55H,3-53H2,1-2H3,(H,65,73)(H,66,76)(H,67,77)(H,68,74)(H,69,75)(H,70,81)/t55-/m0/s1. The molecule has 0 aromatic carbocycles. The fourth-order valence-electron chi connectivity index (χ4n) is 10.9. The number of likely N-dealkylation sites (tertiary alicyclic amines) is 1. The van der Waals surface area contributed by atoms with E-state index in [1.807, 2.05) is 4.90 Å². The van der Waals surface area contributed by atoms with Crippen LogP contribution in [0.3, 0.4) is 0 Å². The molecule has 478 valence electrons. The van der Waals surface area contributed by atoms with E-state index in [0.29, 0.717) is 38.5 Å². The lowest BCUT2D eigenvalue weighted by Gasteiger charge is -2.24. The molecule has 1 aliphatic carbocycles. The van der Waals surface area contributed by atoms with E-state index < -0.39 is 92.7 Å². The van der Waals surface area contributed by atoms with Crippen LogP contribution in [0.5, 0.6) is 0 Å². The Bertz CT molecular complexity index is 1750. The number of nitrogens with one attached hydrogen (secondary N) is 6. The second kappa shape index (κ2) is 51.6. The van der Waals surface area contributed by atoms with E-state index in [1.54, 1.807) is 0 Å². The number of hydrogen-bond acceptors (Lipinski definition) is 11. The van der Waals surface area contributed by atoms with Crippen LogP contribution in [-0.4, -0.2) is 148 Å². The number of carbonyl (C=O) groups is 9. The van der Waals surface area contributed by atoms with Crippen molar-refractivity contribution in [2.75, 3.05) is 78.7 Å². The van der Waals surface area contributed by atoms with Crippen LogP contribution in [0.4, 0.5) is 0 Å². The molecule has 0 radical (unpaired) electrons. The van der Waals surface area contributed by atoms with Crippen molar-refractivity contribution in [2.24, 2.45) is 5.92 Å². The molecule has 1 aliphatic heterocycles. The lowest BCUT2D eigenvalue weighted by atomic mass is 9.90. The zero-order chi connectivity index (χ0) is 60.2. The molecule has 0 bridgehead atoms. The normalized spacial score (nSPS) is 14.2. The summed E-state index contributed by atoms with van der Waals surface area (Å²) in [6.45, 7) is 3.29. The minimum Gasteiger partial charge on any atom is -0.464 e. The first-order valence-electron chi connectivity index (χ1n) is 33.3. The van der Waals surface area contributed by atoms with Crippen LogP contribution in [0.2, 0.25) is 0 Å². The largest absolute Gasteiger partial charge is 0.464 e.